The maximum Gasteiger partial charge on any atom is 0.416 e. The lowest BCUT2D eigenvalue weighted by molar-refractivity contribution is -0.145. The smallest absolute Gasteiger partial charge is 0.416 e. The molecule has 9 heteroatoms. The highest BCUT2D eigenvalue weighted by molar-refractivity contribution is 5.70. The van der Waals surface area contributed by atoms with E-state index in [1.54, 1.807) is 0 Å². The number of alkyl halides is 6. The van der Waals surface area contributed by atoms with Crippen molar-refractivity contribution in [2.75, 3.05) is 6.61 Å². The van der Waals surface area contributed by atoms with E-state index in [1.807, 2.05) is 30.3 Å². The lowest BCUT2D eigenvalue weighted by atomic mass is 9.67. The van der Waals surface area contributed by atoms with Crippen LogP contribution in [-0.4, -0.2) is 17.7 Å². The first kappa shape index (κ1) is 25.1. The van der Waals surface area contributed by atoms with E-state index in [9.17, 15) is 36.2 Å². The molecule has 1 saturated carbocycles. The molecule has 3 rings (SSSR count). The number of ether oxygens (including phenoxy) is 1. The molecule has 1 atom stereocenters. The molecule has 3 nitrogen and oxygen atoms in total. The SMILES string of the molecule is C[C@@H](OCC1(c2ccccc2)CCC(C(=O)O)CC1)c1cc(C(F)(F)F)cc(C(F)(F)F)c1. The minimum atomic E-state index is -4.93. The molecular weight excluding hydrogens is 450 g/mol. The van der Waals surface area contributed by atoms with Gasteiger partial charge in [0.25, 0.3) is 0 Å². The third-order valence-electron chi connectivity index (χ3n) is 6.37. The lowest BCUT2D eigenvalue weighted by Gasteiger charge is -2.40. The first-order chi connectivity index (χ1) is 15.3. The van der Waals surface area contributed by atoms with E-state index >= 15 is 0 Å². The monoisotopic (exact) mass is 474 g/mol. The van der Waals surface area contributed by atoms with Crippen molar-refractivity contribution in [3.8, 4) is 0 Å². The van der Waals surface area contributed by atoms with Gasteiger partial charge in [0.2, 0.25) is 0 Å². The van der Waals surface area contributed by atoms with Crippen molar-refractivity contribution in [1.29, 1.82) is 0 Å². The Balaban J connectivity index is 1.87. The van der Waals surface area contributed by atoms with E-state index in [4.69, 9.17) is 4.74 Å². The largest absolute Gasteiger partial charge is 0.481 e. The molecule has 2 aromatic carbocycles. The Morgan fingerprint density at radius 1 is 1.00 bits per heavy atom. The van der Waals surface area contributed by atoms with Crippen LogP contribution >= 0.6 is 0 Å². The molecule has 0 aliphatic heterocycles. The molecule has 0 spiro atoms. The van der Waals surface area contributed by atoms with Crippen LogP contribution < -0.4 is 0 Å². The summed E-state index contributed by atoms with van der Waals surface area (Å²) in [7, 11) is 0. The van der Waals surface area contributed by atoms with Crippen LogP contribution in [0.1, 0.15) is 61.0 Å². The van der Waals surface area contributed by atoms with Crippen LogP contribution in [0, 0.1) is 5.92 Å². The molecule has 1 aliphatic carbocycles. The van der Waals surface area contributed by atoms with Crippen molar-refractivity contribution >= 4 is 5.97 Å². The molecule has 1 fully saturated rings. The van der Waals surface area contributed by atoms with Crippen LogP contribution in [0.25, 0.3) is 0 Å². The predicted octanol–water partition coefficient (Wildman–Crippen LogP) is 7.01. The fourth-order valence-corrected chi connectivity index (χ4v) is 4.32. The summed E-state index contributed by atoms with van der Waals surface area (Å²) in [5, 5.41) is 9.31. The second-order valence-corrected chi connectivity index (χ2v) is 8.55. The van der Waals surface area contributed by atoms with Gasteiger partial charge in [-0.1, -0.05) is 30.3 Å². The third-order valence-corrected chi connectivity index (χ3v) is 6.37. The number of carbonyl (C=O) groups is 1. The standard InChI is InChI=1S/C24H24F6O3/c1-15(17-11-19(23(25,26)27)13-20(12-17)24(28,29)30)33-14-22(18-5-3-2-4-6-18)9-7-16(8-10-22)21(31)32/h2-6,11-13,15-16H,7-10,14H2,1H3,(H,31,32)/t15-,16?,22?/m1/s1. The molecule has 33 heavy (non-hydrogen) atoms. The lowest BCUT2D eigenvalue weighted by Crippen LogP contribution is -2.38. The highest BCUT2D eigenvalue weighted by Crippen LogP contribution is 2.43. The van der Waals surface area contributed by atoms with Gasteiger partial charge in [-0.3, -0.25) is 4.79 Å². The molecule has 1 N–H and O–H groups in total. The Labute approximate surface area is 187 Å². The summed E-state index contributed by atoms with van der Waals surface area (Å²) >= 11 is 0. The summed E-state index contributed by atoms with van der Waals surface area (Å²) in [6.45, 7) is 1.46. The van der Waals surface area contributed by atoms with Crippen molar-refractivity contribution in [1.82, 2.24) is 0 Å². The first-order valence-electron chi connectivity index (χ1n) is 10.5. The molecule has 0 heterocycles. The molecule has 0 radical (unpaired) electrons. The molecular formula is C24H24F6O3. The van der Waals surface area contributed by atoms with Crippen molar-refractivity contribution in [2.24, 2.45) is 5.92 Å². The summed E-state index contributed by atoms with van der Waals surface area (Å²) in [6.07, 6.45) is -9.13. The average molecular weight is 474 g/mol. The number of hydrogen-bond acceptors (Lipinski definition) is 2. The van der Waals surface area contributed by atoms with E-state index in [2.05, 4.69) is 0 Å². The van der Waals surface area contributed by atoms with Gasteiger partial charge in [0.05, 0.1) is 29.8 Å². The molecule has 0 unspecified atom stereocenters. The second kappa shape index (κ2) is 9.37. The number of carboxylic acid groups (broad SMARTS) is 1. The Bertz CT molecular complexity index is 928. The number of hydrogen-bond donors (Lipinski definition) is 1. The quantitative estimate of drug-likeness (QED) is 0.458. The fraction of sp³-hybridized carbons (Fsp3) is 0.458. The van der Waals surface area contributed by atoms with Gasteiger partial charge < -0.3 is 9.84 Å². The highest BCUT2D eigenvalue weighted by atomic mass is 19.4. The molecule has 1 aliphatic rings. The Morgan fingerprint density at radius 2 is 1.52 bits per heavy atom. The van der Waals surface area contributed by atoms with E-state index in [0.29, 0.717) is 37.8 Å². The Hall–Kier alpha value is -2.55. The van der Waals surface area contributed by atoms with E-state index < -0.39 is 46.9 Å². The van der Waals surface area contributed by atoms with Crippen LogP contribution in [-0.2, 0) is 27.3 Å². The first-order valence-corrected chi connectivity index (χ1v) is 10.5. The topological polar surface area (TPSA) is 46.5 Å². The van der Waals surface area contributed by atoms with E-state index in [0.717, 1.165) is 5.56 Å². The molecule has 0 amide bonds. The van der Waals surface area contributed by atoms with Gasteiger partial charge in [0, 0.05) is 5.41 Å². The van der Waals surface area contributed by atoms with Gasteiger partial charge in [-0.15, -0.1) is 0 Å². The summed E-state index contributed by atoms with van der Waals surface area (Å²) in [5.41, 5.74) is -2.67. The van der Waals surface area contributed by atoms with Gasteiger partial charge in [-0.05, 0) is 61.9 Å². The summed E-state index contributed by atoms with van der Waals surface area (Å²) < 4.78 is 85.1. The Kier molecular flexibility index (Phi) is 7.12. The van der Waals surface area contributed by atoms with Gasteiger partial charge in [-0.25, -0.2) is 0 Å². The van der Waals surface area contributed by atoms with Crippen molar-refractivity contribution in [3.05, 3.63) is 70.8 Å². The summed E-state index contributed by atoms with van der Waals surface area (Å²) in [5.74, 6) is -1.37. The van der Waals surface area contributed by atoms with Gasteiger partial charge in [0.1, 0.15) is 0 Å². The Morgan fingerprint density at radius 3 is 1.97 bits per heavy atom. The fourth-order valence-electron chi connectivity index (χ4n) is 4.32. The zero-order valence-corrected chi connectivity index (χ0v) is 17.8. The van der Waals surface area contributed by atoms with Crippen molar-refractivity contribution < 1.29 is 41.0 Å². The van der Waals surface area contributed by atoms with Crippen LogP contribution in [0.3, 0.4) is 0 Å². The number of halogens is 6. The summed E-state index contributed by atoms with van der Waals surface area (Å²) in [6, 6.07) is 10.7. The van der Waals surface area contributed by atoms with Crippen LogP contribution in [0.4, 0.5) is 26.3 Å². The molecule has 0 saturated heterocycles. The molecule has 180 valence electrons. The van der Waals surface area contributed by atoms with Crippen LogP contribution in [0.5, 0.6) is 0 Å². The van der Waals surface area contributed by atoms with Crippen molar-refractivity contribution in [3.63, 3.8) is 0 Å². The number of rotatable bonds is 6. The molecule has 2 aromatic rings. The minimum Gasteiger partial charge on any atom is -0.481 e. The zero-order chi connectivity index (χ0) is 24.4. The highest BCUT2D eigenvalue weighted by Gasteiger charge is 2.40. The van der Waals surface area contributed by atoms with E-state index in [1.165, 1.54) is 6.92 Å². The normalized spacial score (nSPS) is 22.7. The third kappa shape index (κ3) is 5.88. The number of benzene rings is 2. The second-order valence-electron chi connectivity index (χ2n) is 8.55. The molecule has 0 aromatic heterocycles. The minimum absolute atomic E-state index is 0.0438. The van der Waals surface area contributed by atoms with Crippen LogP contribution in [0.2, 0.25) is 0 Å². The average Bonchev–Trinajstić information content (AvgIpc) is 2.76. The number of aliphatic carboxylic acids is 1. The number of carboxylic acids is 1. The van der Waals surface area contributed by atoms with Crippen molar-refractivity contribution in [2.45, 2.75) is 56.5 Å². The maximum atomic E-state index is 13.2. The van der Waals surface area contributed by atoms with Gasteiger partial charge in [0.15, 0.2) is 0 Å². The van der Waals surface area contributed by atoms with E-state index in [-0.39, 0.29) is 18.2 Å². The van der Waals surface area contributed by atoms with Gasteiger partial charge >= 0.3 is 18.3 Å². The summed E-state index contributed by atoms with van der Waals surface area (Å²) in [4.78, 5) is 11.4. The molecule has 0 bridgehead atoms. The van der Waals surface area contributed by atoms with Crippen LogP contribution in [0.15, 0.2) is 48.5 Å². The maximum absolute atomic E-state index is 13.2. The predicted molar refractivity (Wildman–Crippen MR) is 109 cm³/mol. The zero-order valence-electron chi connectivity index (χ0n) is 17.8. The van der Waals surface area contributed by atoms with Gasteiger partial charge in [-0.2, -0.15) is 26.3 Å².